The van der Waals surface area contributed by atoms with Gasteiger partial charge in [-0.25, -0.2) is 23.1 Å². The molecule has 3 amide bonds. The first-order valence-electron chi connectivity index (χ1n) is 14.8. The van der Waals surface area contributed by atoms with Crippen molar-refractivity contribution in [1.29, 1.82) is 0 Å². The maximum absolute atomic E-state index is 15.5. The zero-order chi connectivity index (χ0) is 31.2. The average Bonchev–Trinajstić information content (AvgIpc) is 3.67. The van der Waals surface area contributed by atoms with Crippen molar-refractivity contribution in [2.45, 2.75) is 31.9 Å². The van der Waals surface area contributed by atoms with E-state index in [9.17, 15) is 19.1 Å². The molecule has 4 heterocycles. The van der Waals surface area contributed by atoms with Gasteiger partial charge in [0.05, 0.1) is 24.0 Å². The molecule has 0 saturated carbocycles. The smallest absolute Gasteiger partial charge is 0.321 e. The van der Waals surface area contributed by atoms with Gasteiger partial charge in [0.15, 0.2) is 5.65 Å². The Hall–Kier alpha value is -5.16. The lowest BCUT2D eigenvalue weighted by molar-refractivity contribution is 0.0670. The number of hydrogen-bond donors (Lipinski definition) is 2. The summed E-state index contributed by atoms with van der Waals surface area (Å²) in [6.07, 6.45) is 2.19. The third kappa shape index (κ3) is 5.40. The van der Waals surface area contributed by atoms with E-state index < -0.39 is 23.8 Å². The lowest BCUT2D eigenvalue weighted by atomic mass is 9.93. The van der Waals surface area contributed by atoms with E-state index >= 15 is 4.39 Å². The molecule has 1 saturated heterocycles. The predicted molar refractivity (Wildman–Crippen MR) is 165 cm³/mol. The highest BCUT2D eigenvalue weighted by atomic mass is 19.1. The molecule has 0 unspecified atom stereocenters. The Bertz CT molecular complexity index is 1960. The number of carbonyl (C=O) groups excluding carboxylic acids is 2. The van der Waals surface area contributed by atoms with Crippen LogP contribution < -0.4 is 5.32 Å². The molecule has 11 heteroatoms. The van der Waals surface area contributed by atoms with Crippen LogP contribution in [-0.4, -0.2) is 67.2 Å². The first-order chi connectivity index (χ1) is 21.7. The molecule has 0 aliphatic carbocycles. The minimum atomic E-state index is -0.623. The minimum absolute atomic E-state index is 0.155. The molecule has 2 aliphatic heterocycles. The normalized spacial score (nSPS) is 17.9. The van der Waals surface area contributed by atoms with Gasteiger partial charge in [-0.2, -0.15) is 5.10 Å². The number of nitrogens with one attached hydrogen (secondary N) is 1. The van der Waals surface area contributed by atoms with Crippen molar-refractivity contribution in [3.05, 3.63) is 107 Å². The lowest BCUT2D eigenvalue weighted by Gasteiger charge is -2.35. The number of amides is 3. The molecule has 0 spiro atoms. The van der Waals surface area contributed by atoms with Gasteiger partial charge in [-0.15, -0.1) is 0 Å². The largest absolute Gasteiger partial charge is 0.391 e. The van der Waals surface area contributed by atoms with Crippen molar-refractivity contribution < 1.29 is 23.5 Å². The molecule has 228 valence electrons. The second-order valence-electron chi connectivity index (χ2n) is 11.5. The molecule has 2 atom stereocenters. The molecular weight excluding hydrogens is 578 g/mol. The maximum Gasteiger partial charge on any atom is 0.321 e. The molecule has 0 radical (unpaired) electrons. The number of aliphatic hydroxyl groups is 1. The van der Waals surface area contributed by atoms with Crippen LogP contribution in [0.2, 0.25) is 0 Å². The van der Waals surface area contributed by atoms with E-state index in [-0.39, 0.29) is 41.1 Å². The van der Waals surface area contributed by atoms with Crippen LogP contribution in [-0.2, 0) is 6.42 Å². The highest BCUT2D eigenvalue weighted by molar-refractivity contribution is 5.95. The number of likely N-dealkylation sites (tertiary alicyclic amines) is 1. The van der Waals surface area contributed by atoms with Gasteiger partial charge in [0.2, 0.25) is 0 Å². The number of aliphatic hydroxyl groups excluding tert-OH is 1. The first kappa shape index (κ1) is 28.6. The van der Waals surface area contributed by atoms with Gasteiger partial charge >= 0.3 is 6.03 Å². The molecule has 0 bridgehead atoms. The quantitative estimate of drug-likeness (QED) is 0.273. The summed E-state index contributed by atoms with van der Waals surface area (Å²) in [5.41, 5.74) is 4.42. The summed E-state index contributed by atoms with van der Waals surface area (Å²) < 4.78 is 31.2. The third-order valence-electron chi connectivity index (χ3n) is 8.58. The average molecular weight is 609 g/mol. The van der Waals surface area contributed by atoms with Crippen LogP contribution in [0.4, 0.5) is 19.3 Å². The SMILES string of the molecule is C[C@@H]1c2ccccc2CCN1C(=O)c1cc(-c2cccc(F)c2)c2nc(-c3ccc(NC(=O)N4CC[C@@H](O)C4)cc3F)cn2n1. The Labute approximate surface area is 257 Å². The van der Waals surface area contributed by atoms with Crippen LogP contribution in [0.15, 0.2) is 79.0 Å². The molecule has 9 nitrogen and oxygen atoms in total. The molecule has 3 aromatic carbocycles. The van der Waals surface area contributed by atoms with E-state index in [0.29, 0.717) is 36.3 Å². The molecule has 7 rings (SSSR count). The highest BCUT2D eigenvalue weighted by Crippen LogP contribution is 2.33. The zero-order valence-corrected chi connectivity index (χ0v) is 24.5. The predicted octanol–water partition coefficient (Wildman–Crippen LogP) is 5.70. The van der Waals surface area contributed by atoms with Crippen molar-refractivity contribution in [2.24, 2.45) is 0 Å². The van der Waals surface area contributed by atoms with Crippen molar-refractivity contribution >= 4 is 23.3 Å². The molecule has 2 N–H and O–H groups in total. The fourth-order valence-electron chi connectivity index (χ4n) is 6.21. The van der Waals surface area contributed by atoms with E-state index in [2.05, 4.69) is 21.5 Å². The molecule has 1 fully saturated rings. The van der Waals surface area contributed by atoms with Crippen LogP contribution in [0.25, 0.3) is 28.0 Å². The molecular formula is C34H30F2N6O3. The summed E-state index contributed by atoms with van der Waals surface area (Å²) >= 11 is 0. The number of aromatic nitrogens is 3. The number of imidazole rings is 1. The number of hydrogen-bond acceptors (Lipinski definition) is 5. The summed E-state index contributed by atoms with van der Waals surface area (Å²) in [5, 5.41) is 17.0. The van der Waals surface area contributed by atoms with Crippen LogP contribution in [0, 0.1) is 11.6 Å². The van der Waals surface area contributed by atoms with Gasteiger partial charge < -0.3 is 20.2 Å². The summed E-state index contributed by atoms with van der Waals surface area (Å²) in [6, 6.07) is 19.3. The van der Waals surface area contributed by atoms with E-state index in [4.69, 9.17) is 0 Å². The second-order valence-corrected chi connectivity index (χ2v) is 11.5. The monoisotopic (exact) mass is 608 g/mol. The molecule has 2 aliphatic rings. The molecule has 5 aromatic rings. The Morgan fingerprint density at radius 1 is 0.978 bits per heavy atom. The Kier molecular flexibility index (Phi) is 7.25. The van der Waals surface area contributed by atoms with Gasteiger partial charge in [-0.3, -0.25) is 4.79 Å². The van der Waals surface area contributed by atoms with E-state index in [1.165, 1.54) is 45.4 Å². The molecule has 2 aromatic heterocycles. The van der Waals surface area contributed by atoms with E-state index in [0.717, 1.165) is 12.0 Å². The third-order valence-corrected chi connectivity index (χ3v) is 8.58. The van der Waals surface area contributed by atoms with Crippen molar-refractivity contribution in [3.63, 3.8) is 0 Å². The maximum atomic E-state index is 15.5. The lowest BCUT2D eigenvalue weighted by Crippen LogP contribution is -2.39. The van der Waals surface area contributed by atoms with Gasteiger partial charge in [-0.1, -0.05) is 36.4 Å². The topological polar surface area (TPSA) is 103 Å². The number of benzene rings is 3. The summed E-state index contributed by atoms with van der Waals surface area (Å²) in [5.74, 6) is -1.35. The number of urea groups is 1. The minimum Gasteiger partial charge on any atom is -0.391 e. The summed E-state index contributed by atoms with van der Waals surface area (Å²) in [4.78, 5) is 34.4. The van der Waals surface area contributed by atoms with Crippen LogP contribution in [0.5, 0.6) is 0 Å². The Morgan fingerprint density at radius 2 is 1.82 bits per heavy atom. The van der Waals surface area contributed by atoms with Crippen LogP contribution in [0.1, 0.15) is 41.0 Å². The van der Waals surface area contributed by atoms with Gasteiger partial charge in [0.25, 0.3) is 5.91 Å². The standard InChI is InChI=1S/C34H30F2N6O3/c1-20-26-8-3-2-5-21(26)11-14-41(20)33(44)30-17-28(22-6-4-7-23(35)15-22)32-38-31(19-42(32)39-30)27-10-9-24(16-29(27)36)37-34(45)40-13-12-25(43)18-40/h2-10,15-17,19-20,25,43H,11-14,18H2,1H3,(H,37,45)/t20-,25-/m1/s1. The zero-order valence-electron chi connectivity index (χ0n) is 24.5. The van der Waals surface area contributed by atoms with Crippen molar-refractivity contribution in [2.75, 3.05) is 25.0 Å². The van der Waals surface area contributed by atoms with E-state index in [1.807, 2.05) is 25.1 Å². The number of fused-ring (bicyclic) bond motifs is 2. The van der Waals surface area contributed by atoms with Gasteiger partial charge in [0.1, 0.15) is 17.3 Å². The van der Waals surface area contributed by atoms with Crippen molar-refractivity contribution in [1.82, 2.24) is 24.4 Å². The summed E-state index contributed by atoms with van der Waals surface area (Å²) in [6.45, 7) is 3.15. The number of halogens is 2. The number of rotatable bonds is 4. The first-order valence-corrected chi connectivity index (χ1v) is 14.8. The highest BCUT2D eigenvalue weighted by Gasteiger charge is 2.30. The van der Waals surface area contributed by atoms with E-state index in [1.54, 1.807) is 29.2 Å². The van der Waals surface area contributed by atoms with Crippen LogP contribution in [0.3, 0.4) is 0 Å². The van der Waals surface area contributed by atoms with Crippen molar-refractivity contribution in [3.8, 4) is 22.4 Å². The van der Waals surface area contributed by atoms with Gasteiger partial charge in [0, 0.05) is 36.4 Å². The number of anilines is 1. The molecule has 45 heavy (non-hydrogen) atoms. The Balaban J connectivity index is 1.25. The number of nitrogens with zero attached hydrogens (tertiary/aromatic N) is 5. The second kappa shape index (κ2) is 11.4. The fourth-order valence-corrected chi connectivity index (χ4v) is 6.21. The Morgan fingerprint density at radius 3 is 2.60 bits per heavy atom. The fraction of sp³-hybridized carbons (Fsp3) is 0.235. The number of β-amino-alcohol motifs (C(OH)–C–C–N with tert-alkyl or cyclic N) is 1. The van der Waals surface area contributed by atoms with Gasteiger partial charge in [-0.05, 0) is 72.9 Å². The number of carbonyl (C=O) groups is 2. The van der Waals surface area contributed by atoms with Crippen LogP contribution >= 0.6 is 0 Å². The summed E-state index contributed by atoms with van der Waals surface area (Å²) in [7, 11) is 0.